The molecule has 0 spiro atoms. The van der Waals surface area contributed by atoms with E-state index in [-0.39, 0.29) is 5.91 Å². The van der Waals surface area contributed by atoms with E-state index in [0.29, 0.717) is 41.0 Å². The van der Waals surface area contributed by atoms with Crippen LogP contribution in [0.2, 0.25) is 5.02 Å². The summed E-state index contributed by atoms with van der Waals surface area (Å²) >= 11 is 6.32. The monoisotopic (exact) mass is 368 g/mol. The average Bonchev–Trinajstić information content (AvgIpc) is 3.02. The Kier molecular flexibility index (Phi) is 4.12. The highest BCUT2D eigenvalue weighted by Gasteiger charge is 2.29. The first-order valence-electron chi connectivity index (χ1n) is 8.25. The summed E-state index contributed by atoms with van der Waals surface area (Å²) in [4.78, 5) is 19.4. The molecule has 1 amide bonds. The molecule has 0 aliphatic carbocycles. The van der Waals surface area contributed by atoms with Crippen LogP contribution in [0.4, 0.5) is 5.69 Å². The van der Waals surface area contributed by atoms with Gasteiger partial charge in [0.05, 0.1) is 17.1 Å². The molecule has 0 saturated carbocycles. The Morgan fingerprint density at radius 3 is 2.85 bits per heavy atom. The largest absolute Gasteiger partial charge is 0.474 e. The van der Waals surface area contributed by atoms with Crippen molar-refractivity contribution in [1.82, 2.24) is 14.8 Å². The number of aryl methyl sites for hydroxylation is 2. The van der Waals surface area contributed by atoms with Crippen molar-refractivity contribution >= 4 is 23.2 Å². The summed E-state index contributed by atoms with van der Waals surface area (Å²) in [6.07, 6.45) is 1.72. The lowest BCUT2D eigenvalue weighted by atomic mass is 10.1. The maximum atomic E-state index is 13.3. The van der Waals surface area contributed by atoms with Gasteiger partial charge < -0.3 is 4.74 Å². The minimum absolute atomic E-state index is 0.150. The van der Waals surface area contributed by atoms with E-state index < -0.39 is 0 Å². The van der Waals surface area contributed by atoms with Crippen LogP contribution in [0.15, 0.2) is 42.6 Å². The maximum absolute atomic E-state index is 13.3. The number of amides is 1. The van der Waals surface area contributed by atoms with Crippen molar-refractivity contribution in [2.24, 2.45) is 7.05 Å². The van der Waals surface area contributed by atoms with Crippen LogP contribution < -0.4 is 9.64 Å². The van der Waals surface area contributed by atoms with E-state index in [9.17, 15) is 4.79 Å². The van der Waals surface area contributed by atoms with Crippen molar-refractivity contribution < 1.29 is 9.53 Å². The number of rotatable bonds is 2. The summed E-state index contributed by atoms with van der Waals surface area (Å²) in [5.41, 5.74) is 3.30. The van der Waals surface area contributed by atoms with Gasteiger partial charge in [0, 0.05) is 24.5 Å². The van der Waals surface area contributed by atoms with E-state index in [2.05, 4.69) is 10.1 Å². The molecule has 1 aromatic carbocycles. The van der Waals surface area contributed by atoms with Crippen molar-refractivity contribution in [3.05, 3.63) is 58.9 Å². The highest BCUT2D eigenvalue weighted by Crippen LogP contribution is 2.34. The Hall–Kier alpha value is -2.86. The number of halogens is 1. The maximum Gasteiger partial charge on any atom is 0.262 e. The molecule has 2 aromatic heterocycles. The number of hydrogen-bond donors (Lipinski definition) is 0. The fraction of sp³-hybridized carbons (Fsp3) is 0.211. The Morgan fingerprint density at radius 1 is 1.23 bits per heavy atom. The number of anilines is 1. The quantitative estimate of drug-likeness (QED) is 0.694. The molecule has 0 atom stereocenters. The molecule has 0 unspecified atom stereocenters. The minimum atomic E-state index is -0.150. The summed E-state index contributed by atoms with van der Waals surface area (Å²) < 4.78 is 7.24. The number of carbonyl (C=O) groups excluding carboxylic acids is 1. The number of fused-ring (bicyclic) bond motifs is 1. The second kappa shape index (κ2) is 6.46. The molecule has 3 heterocycles. The highest BCUT2D eigenvalue weighted by atomic mass is 35.5. The van der Waals surface area contributed by atoms with Crippen molar-refractivity contribution in [2.45, 2.75) is 6.92 Å². The highest BCUT2D eigenvalue weighted by molar-refractivity contribution is 6.33. The van der Waals surface area contributed by atoms with Gasteiger partial charge in [-0.25, -0.2) is 4.98 Å². The summed E-state index contributed by atoms with van der Waals surface area (Å²) in [6, 6.07) is 11.1. The molecule has 0 saturated heterocycles. The lowest BCUT2D eigenvalue weighted by Crippen LogP contribution is -2.38. The third-order valence-electron chi connectivity index (χ3n) is 4.26. The van der Waals surface area contributed by atoms with Crippen LogP contribution in [0.3, 0.4) is 0 Å². The summed E-state index contributed by atoms with van der Waals surface area (Å²) in [7, 11) is 1.79. The van der Waals surface area contributed by atoms with Gasteiger partial charge in [0.25, 0.3) is 5.91 Å². The first kappa shape index (κ1) is 16.6. The summed E-state index contributed by atoms with van der Waals surface area (Å²) in [5, 5.41) is 5.02. The molecule has 0 bridgehead atoms. The van der Waals surface area contributed by atoms with Crippen molar-refractivity contribution in [3.63, 3.8) is 0 Å². The van der Waals surface area contributed by atoms with Crippen LogP contribution in [0.5, 0.6) is 5.88 Å². The Labute approximate surface area is 156 Å². The summed E-state index contributed by atoms with van der Waals surface area (Å²) in [6.45, 7) is 2.74. The third kappa shape index (κ3) is 2.82. The van der Waals surface area contributed by atoms with Crippen LogP contribution in [-0.2, 0) is 7.05 Å². The van der Waals surface area contributed by atoms with Gasteiger partial charge >= 0.3 is 0 Å². The molecule has 3 aromatic rings. The van der Waals surface area contributed by atoms with Crippen molar-refractivity contribution in [2.75, 3.05) is 18.1 Å². The number of carbonyl (C=O) groups is 1. The number of pyridine rings is 1. The predicted octanol–water partition coefficient (Wildman–Crippen LogP) is 3.48. The molecule has 4 rings (SSSR count). The second-order valence-electron chi connectivity index (χ2n) is 6.13. The first-order chi connectivity index (χ1) is 12.5. The zero-order valence-electron chi connectivity index (χ0n) is 14.4. The lowest BCUT2D eigenvalue weighted by Gasteiger charge is -2.28. The fourth-order valence-electron chi connectivity index (χ4n) is 3.04. The molecule has 0 N–H and O–H groups in total. The van der Waals surface area contributed by atoms with Gasteiger partial charge in [0.15, 0.2) is 0 Å². The standard InChI is InChI=1S/C19H17ClN4O2/c1-12-7-8-16-18(21-12)26-10-9-24(16)19(25)14-11-23(2)22-17(14)13-5-3-4-6-15(13)20/h3-8,11H,9-10H2,1-2H3. The smallest absolute Gasteiger partial charge is 0.262 e. The van der Waals surface area contributed by atoms with Gasteiger partial charge in [-0.2, -0.15) is 5.10 Å². The number of benzene rings is 1. The van der Waals surface area contributed by atoms with E-state index in [1.165, 1.54) is 0 Å². The molecule has 132 valence electrons. The van der Waals surface area contributed by atoms with E-state index in [1.54, 1.807) is 28.9 Å². The van der Waals surface area contributed by atoms with Crippen LogP contribution in [0.1, 0.15) is 16.1 Å². The Morgan fingerprint density at radius 2 is 2.04 bits per heavy atom. The SMILES string of the molecule is Cc1ccc2c(n1)OCCN2C(=O)c1cn(C)nc1-c1ccccc1Cl. The number of aromatic nitrogens is 3. The molecule has 0 radical (unpaired) electrons. The normalized spacial score (nSPS) is 13.3. The van der Waals surface area contributed by atoms with Crippen LogP contribution in [0, 0.1) is 6.92 Å². The Bertz CT molecular complexity index is 999. The second-order valence-corrected chi connectivity index (χ2v) is 6.53. The molecule has 0 fully saturated rings. The van der Waals surface area contributed by atoms with Crippen molar-refractivity contribution in [1.29, 1.82) is 0 Å². The van der Waals surface area contributed by atoms with E-state index >= 15 is 0 Å². The molecule has 1 aliphatic heterocycles. The molecular weight excluding hydrogens is 352 g/mol. The van der Waals surface area contributed by atoms with Gasteiger partial charge in [-0.05, 0) is 25.1 Å². The van der Waals surface area contributed by atoms with Gasteiger partial charge in [0.1, 0.15) is 18.0 Å². The van der Waals surface area contributed by atoms with Crippen LogP contribution in [0.25, 0.3) is 11.3 Å². The van der Waals surface area contributed by atoms with E-state index in [4.69, 9.17) is 16.3 Å². The zero-order valence-corrected chi connectivity index (χ0v) is 15.2. The average molecular weight is 369 g/mol. The number of ether oxygens (including phenoxy) is 1. The number of nitrogens with zero attached hydrogens (tertiary/aromatic N) is 4. The fourth-order valence-corrected chi connectivity index (χ4v) is 3.27. The molecule has 26 heavy (non-hydrogen) atoms. The lowest BCUT2D eigenvalue weighted by molar-refractivity contribution is 0.0976. The van der Waals surface area contributed by atoms with Gasteiger partial charge in [-0.15, -0.1) is 0 Å². The number of hydrogen-bond acceptors (Lipinski definition) is 4. The van der Waals surface area contributed by atoms with E-state index in [0.717, 1.165) is 11.3 Å². The van der Waals surface area contributed by atoms with Crippen LogP contribution >= 0.6 is 11.6 Å². The minimum Gasteiger partial charge on any atom is -0.474 e. The topological polar surface area (TPSA) is 60.2 Å². The van der Waals surface area contributed by atoms with Gasteiger partial charge in [-0.1, -0.05) is 29.8 Å². The van der Waals surface area contributed by atoms with E-state index in [1.807, 2.05) is 37.3 Å². The summed E-state index contributed by atoms with van der Waals surface area (Å²) in [5.74, 6) is 0.330. The first-order valence-corrected chi connectivity index (χ1v) is 8.63. The molecular formula is C19H17ClN4O2. The Balaban J connectivity index is 1.79. The van der Waals surface area contributed by atoms with Crippen molar-refractivity contribution in [3.8, 4) is 17.1 Å². The molecule has 6 nitrogen and oxygen atoms in total. The molecule has 7 heteroatoms. The zero-order chi connectivity index (χ0) is 18.3. The molecule has 1 aliphatic rings. The third-order valence-corrected chi connectivity index (χ3v) is 4.59. The van der Waals surface area contributed by atoms with Gasteiger partial charge in [0.2, 0.25) is 5.88 Å². The predicted molar refractivity (Wildman–Crippen MR) is 99.8 cm³/mol. The van der Waals surface area contributed by atoms with Crippen LogP contribution in [-0.4, -0.2) is 33.8 Å². The van der Waals surface area contributed by atoms with Gasteiger partial charge in [-0.3, -0.25) is 14.4 Å².